The number of nitrogens with zero attached hydrogens (tertiary/aromatic N) is 2. The molecule has 9 nitrogen and oxygen atoms in total. The maximum absolute atomic E-state index is 13.0. The first kappa shape index (κ1) is 21.9. The van der Waals surface area contributed by atoms with Crippen LogP contribution in [0.5, 0.6) is 0 Å². The number of hydrazone groups is 1. The van der Waals surface area contributed by atoms with Crippen LogP contribution in [0.1, 0.15) is 21.7 Å². The third-order valence-electron chi connectivity index (χ3n) is 4.17. The molecule has 0 aliphatic carbocycles. The molecule has 160 valence electrons. The monoisotopic (exact) mass is 441 g/mol. The molecule has 2 N–H and O–H groups in total. The molecule has 0 aliphatic heterocycles. The fraction of sp³-hybridized carbons (Fsp3) is 0.0952. The van der Waals surface area contributed by atoms with Crippen LogP contribution in [0.15, 0.2) is 87.4 Å². The Labute approximate surface area is 178 Å². The van der Waals surface area contributed by atoms with Crippen molar-refractivity contribution in [2.45, 2.75) is 11.4 Å². The molecule has 0 saturated heterocycles. The van der Waals surface area contributed by atoms with Gasteiger partial charge >= 0.3 is 5.97 Å². The van der Waals surface area contributed by atoms with E-state index in [0.717, 1.165) is 4.31 Å². The summed E-state index contributed by atoms with van der Waals surface area (Å²) in [7, 11) is -3.96. The van der Waals surface area contributed by atoms with Crippen LogP contribution in [0.4, 0.5) is 0 Å². The van der Waals surface area contributed by atoms with Crippen LogP contribution < -0.4 is 5.43 Å². The first-order chi connectivity index (χ1) is 14.9. The second-order valence-corrected chi connectivity index (χ2v) is 8.32. The second kappa shape index (κ2) is 9.83. The third kappa shape index (κ3) is 5.87. The van der Waals surface area contributed by atoms with Gasteiger partial charge in [-0.25, -0.2) is 18.6 Å². The van der Waals surface area contributed by atoms with Crippen molar-refractivity contribution in [1.29, 1.82) is 0 Å². The number of furan rings is 1. The number of carbonyl (C=O) groups excluding carboxylic acids is 1. The Kier molecular flexibility index (Phi) is 6.96. The molecule has 1 amide bonds. The summed E-state index contributed by atoms with van der Waals surface area (Å²) in [5.74, 6) is -1.31. The van der Waals surface area contributed by atoms with Gasteiger partial charge in [0.15, 0.2) is 0 Å². The maximum atomic E-state index is 13.0. The van der Waals surface area contributed by atoms with Crippen molar-refractivity contribution in [2.24, 2.45) is 5.10 Å². The lowest BCUT2D eigenvalue weighted by Crippen LogP contribution is -2.38. The smallest absolute Gasteiger partial charge is 0.335 e. The fourth-order valence-electron chi connectivity index (χ4n) is 2.63. The van der Waals surface area contributed by atoms with Gasteiger partial charge in [0.1, 0.15) is 5.76 Å². The predicted octanol–water partition coefficient (Wildman–Crippen LogP) is 2.32. The van der Waals surface area contributed by atoms with E-state index in [9.17, 15) is 18.0 Å². The lowest BCUT2D eigenvalue weighted by Gasteiger charge is -2.20. The summed E-state index contributed by atoms with van der Waals surface area (Å²) < 4.78 is 32.2. The topological polar surface area (TPSA) is 129 Å². The van der Waals surface area contributed by atoms with Crippen LogP contribution in [0.25, 0.3) is 0 Å². The lowest BCUT2D eigenvalue weighted by atomic mass is 10.1. The number of sulfonamides is 1. The van der Waals surface area contributed by atoms with Gasteiger partial charge < -0.3 is 9.52 Å². The van der Waals surface area contributed by atoms with Crippen molar-refractivity contribution < 1.29 is 27.5 Å². The lowest BCUT2D eigenvalue weighted by molar-refractivity contribution is -0.121. The number of benzene rings is 2. The first-order valence-corrected chi connectivity index (χ1v) is 10.5. The van der Waals surface area contributed by atoms with Gasteiger partial charge in [-0.3, -0.25) is 4.79 Å². The molecule has 3 aromatic rings. The number of carboxylic acids is 1. The molecule has 0 atom stereocenters. The van der Waals surface area contributed by atoms with Crippen molar-refractivity contribution in [1.82, 2.24) is 9.73 Å². The van der Waals surface area contributed by atoms with E-state index in [0.29, 0.717) is 11.3 Å². The van der Waals surface area contributed by atoms with E-state index < -0.39 is 28.4 Å². The van der Waals surface area contributed by atoms with Crippen molar-refractivity contribution >= 4 is 28.1 Å². The first-order valence-electron chi connectivity index (χ1n) is 9.09. The van der Waals surface area contributed by atoms with Gasteiger partial charge in [-0.15, -0.1) is 0 Å². The van der Waals surface area contributed by atoms with E-state index in [-0.39, 0.29) is 17.0 Å². The fourth-order valence-corrected chi connectivity index (χ4v) is 4.01. The Morgan fingerprint density at radius 2 is 1.74 bits per heavy atom. The van der Waals surface area contributed by atoms with Crippen LogP contribution in [-0.2, 0) is 21.4 Å². The van der Waals surface area contributed by atoms with E-state index in [2.05, 4.69) is 10.5 Å². The van der Waals surface area contributed by atoms with Gasteiger partial charge in [0.2, 0.25) is 10.0 Å². The van der Waals surface area contributed by atoms with E-state index in [1.807, 2.05) is 0 Å². The zero-order valence-electron chi connectivity index (χ0n) is 16.2. The Morgan fingerprint density at radius 3 is 2.35 bits per heavy atom. The van der Waals surface area contributed by atoms with Crippen molar-refractivity contribution in [2.75, 3.05) is 6.54 Å². The Bertz CT molecular complexity index is 1160. The molecular weight excluding hydrogens is 422 g/mol. The molecule has 0 aliphatic rings. The maximum Gasteiger partial charge on any atom is 0.335 e. The van der Waals surface area contributed by atoms with Crippen LogP contribution >= 0.6 is 0 Å². The van der Waals surface area contributed by atoms with Crippen LogP contribution in [-0.4, -0.2) is 42.5 Å². The Balaban J connectivity index is 1.70. The average Bonchev–Trinajstić information content (AvgIpc) is 3.27. The van der Waals surface area contributed by atoms with Gasteiger partial charge in [-0.05, 0) is 42.0 Å². The molecular formula is C21H19N3O6S. The Hall–Kier alpha value is -3.76. The summed E-state index contributed by atoms with van der Waals surface area (Å²) in [5.41, 5.74) is 2.97. The van der Waals surface area contributed by atoms with E-state index in [1.165, 1.54) is 48.9 Å². The minimum atomic E-state index is -3.96. The molecule has 3 rings (SSSR count). The number of aromatic carboxylic acids is 1. The minimum absolute atomic E-state index is 0.0522. The quantitative estimate of drug-likeness (QED) is 0.387. The molecule has 0 radical (unpaired) electrons. The van der Waals surface area contributed by atoms with Crippen molar-refractivity contribution in [3.63, 3.8) is 0 Å². The SMILES string of the molecule is O=C(CN(Cc1ccco1)S(=O)(=O)c1ccccc1)N/N=C\c1ccc(C(=O)O)cc1. The molecule has 1 aromatic heterocycles. The number of amides is 1. The van der Waals surface area contributed by atoms with Crippen molar-refractivity contribution in [3.8, 4) is 0 Å². The average molecular weight is 441 g/mol. The van der Waals surface area contributed by atoms with E-state index in [4.69, 9.17) is 9.52 Å². The molecule has 0 saturated carbocycles. The summed E-state index contributed by atoms with van der Waals surface area (Å²) in [6.07, 6.45) is 2.74. The predicted molar refractivity (Wildman–Crippen MR) is 112 cm³/mol. The normalized spacial score (nSPS) is 11.6. The summed E-state index contributed by atoms with van der Waals surface area (Å²) in [6, 6.07) is 16.9. The van der Waals surface area contributed by atoms with Gasteiger partial charge in [-0.2, -0.15) is 9.41 Å². The van der Waals surface area contributed by atoms with Crippen LogP contribution in [0, 0.1) is 0 Å². The molecule has 31 heavy (non-hydrogen) atoms. The van der Waals surface area contributed by atoms with Gasteiger partial charge in [-0.1, -0.05) is 30.3 Å². The minimum Gasteiger partial charge on any atom is -0.478 e. The zero-order chi connectivity index (χ0) is 22.3. The summed E-state index contributed by atoms with van der Waals surface area (Å²) in [6.45, 7) is -0.606. The standard InChI is InChI=1S/C21H19N3O6S/c25-20(23-22-13-16-8-10-17(11-9-16)21(26)27)15-24(14-18-5-4-12-30-18)31(28,29)19-6-2-1-3-7-19/h1-13H,14-15H2,(H,23,25)(H,26,27)/b22-13-. The van der Waals surface area contributed by atoms with Gasteiger partial charge in [0.25, 0.3) is 5.91 Å². The van der Waals surface area contributed by atoms with Crippen LogP contribution in [0.2, 0.25) is 0 Å². The molecule has 0 unspecified atom stereocenters. The molecule has 10 heteroatoms. The van der Waals surface area contributed by atoms with Gasteiger partial charge in [0.05, 0.1) is 36.0 Å². The number of carboxylic acid groups (broad SMARTS) is 1. The van der Waals surface area contributed by atoms with Crippen molar-refractivity contribution in [3.05, 3.63) is 89.9 Å². The number of rotatable bonds is 9. The highest BCUT2D eigenvalue weighted by atomic mass is 32.2. The zero-order valence-corrected chi connectivity index (χ0v) is 17.0. The highest BCUT2D eigenvalue weighted by Crippen LogP contribution is 2.18. The highest BCUT2D eigenvalue weighted by molar-refractivity contribution is 7.89. The number of carbonyl (C=O) groups is 2. The number of hydrogen-bond acceptors (Lipinski definition) is 6. The highest BCUT2D eigenvalue weighted by Gasteiger charge is 2.27. The van der Waals surface area contributed by atoms with E-state index in [1.54, 1.807) is 30.3 Å². The molecule has 2 aromatic carbocycles. The Morgan fingerprint density at radius 1 is 1.03 bits per heavy atom. The summed E-state index contributed by atoms with van der Waals surface area (Å²) in [4.78, 5) is 23.3. The molecule has 0 spiro atoms. The van der Waals surface area contributed by atoms with Gasteiger partial charge in [0, 0.05) is 0 Å². The largest absolute Gasteiger partial charge is 0.478 e. The molecule has 1 heterocycles. The van der Waals surface area contributed by atoms with Crippen LogP contribution in [0.3, 0.4) is 0 Å². The van der Waals surface area contributed by atoms with E-state index >= 15 is 0 Å². The summed E-state index contributed by atoms with van der Waals surface area (Å²) in [5, 5.41) is 12.7. The second-order valence-electron chi connectivity index (χ2n) is 6.39. The number of hydrogen-bond donors (Lipinski definition) is 2. The molecule has 0 fully saturated rings. The summed E-state index contributed by atoms with van der Waals surface area (Å²) >= 11 is 0. The molecule has 0 bridgehead atoms. The third-order valence-corrected chi connectivity index (χ3v) is 5.98. The number of nitrogens with one attached hydrogen (secondary N) is 1.